The van der Waals surface area contributed by atoms with Crippen molar-refractivity contribution in [3.8, 4) is 0 Å². The van der Waals surface area contributed by atoms with Crippen LogP contribution >= 0.6 is 11.6 Å². The van der Waals surface area contributed by atoms with Crippen molar-refractivity contribution in [1.29, 1.82) is 0 Å². The van der Waals surface area contributed by atoms with Crippen LogP contribution < -0.4 is 4.72 Å². The van der Waals surface area contributed by atoms with Crippen molar-refractivity contribution in [2.45, 2.75) is 43.5 Å². The van der Waals surface area contributed by atoms with Gasteiger partial charge in [-0.1, -0.05) is 24.4 Å². The van der Waals surface area contributed by atoms with Crippen LogP contribution in [0.5, 0.6) is 0 Å². The zero-order valence-electron chi connectivity index (χ0n) is 15.9. The molecule has 1 saturated heterocycles. The van der Waals surface area contributed by atoms with Gasteiger partial charge in [0.05, 0.1) is 10.9 Å². The molecule has 1 aromatic rings. The Morgan fingerprint density at radius 3 is 2.14 bits per heavy atom. The molecule has 3 rings (SSSR count). The summed E-state index contributed by atoms with van der Waals surface area (Å²) in [6.07, 6.45) is 4.14. The SMILES string of the molecule is C[C@H](NS(=O)(=O)c1ccc(Cl)cc1)C(=O)N1CCN(C(=O)C2CCCC2)CC1. The Hall–Kier alpha value is -1.64. The quantitative estimate of drug-likeness (QED) is 0.777. The van der Waals surface area contributed by atoms with Gasteiger partial charge in [-0.2, -0.15) is 4.72 Å². The molecule has 1 N–H and O–H groups in total. The second-order valence-corrected chi connectivity index (χ2v) is 9.58. The molecule has 9 heteroatoms. The Bertz CT molecular complexity index is 814. The molecule has 0 radical (unpaired) electrons. The largest absolute Gasteiger partial charge is 0.339 e. The van der Waals surface area contributed by atoms with Gasteiger partial charge in [0.15, 0.2) is 0 Å². The lowest BCUT2D eigenvalue weighted by molar-refractivity contribution is -0.142. The Kier molecular flexibility index (Phi) is 6.62. The molecule has 28 heavy (non-hydrogen) atoms. The summed E-state index contributed by atoms with van der Waals surface area (Å²) in [6, 6.07) is 4.88. The molecule has 7 nitrogen and oxygen atoms in total. The summed E-state index contributed by atoms with van der Waals surface area (Å²) in [6.45, 7) is 3.37. The van der Waals surface area contributed by atoms with Crippen LogP contribution in [0.2, 0.25) is 5.02 Å². The molecule has 2 amide bonds. The van der Waals surface area contributed by atoms with Gasteiger partial charge in [0.25, 0.3) is 0 Å². The molecular weight excluding hydrogens is 402 g/mol. The summed E-state index contributed by atoms with van der Waals surface area (Å²) in [5.41, 5.74) is 0. The van der Waals surface area contributed by atoms with E-state index in [2.05, 4.69) is 4.72 Å². The van der Waals surface area contributed by atoms with Crippen LogP contribution in [0.15, 0.2) is 29.2 Å². The van der Waals surface area contributed by atoms with Crippen molar-refractivity contribution in [3.05, 3.63) is 29.3 Å². The first-order chi connectivity index (χ1) is 13.3. The van der Waals surface area contributed by atoms with Gasteiger partial charge in [-0.15, -0.1) is 0 Å². The van der Waals surface area contributed by atoms with Crippen LogP contribution in [0.1, 0.15) is 32.6 Å². The molecule has 154 valence electrons. The first kappa shape index (κ1) is 21.1. The fourth-order valence-corrected chi connectivity index (χ4v) is 5.14. The first-order valence-electron chi connectivity index (χ1n) is 9.63. The lowest BCUT2D eigenvalue weighted by atomic mass is 10.1. The highest BCUT2D eigenvalue weighted by atomic mass is 35.5. The topological polar surface area (TPSA) is 86.8 Å². The maximum atomic E-state index is 12.7. The van der Waals surface area contributed by atoms with Gasteiger partial charge in [0.2, 0.25) is 21.8 Å². The Morgan fingerprint density at radius 2 is 1.57 bits per heavy atom. The predicted octanol–water partition coefficient (Wildman–Crippen LogP) is 1.87. The summed E-state index contributed by atoms with van der Waals surface area (Å²) in [4.78, 5) is 28.7. The number of rotatable bonds is 5. The van der Waals surface area contributed by atoms with Crippen LogP contribution in [0.25, 0.3) is 0 Å². The van der Waals surface area contributed by atoms with E-state index in [0.717, 1.165) is 25.7 Å². The Balaban J connectivity index is 1.54. The average molecular weight is 428 g/mol. The van der Waals surface area contributed by atoms with E-state index in [0.29, 0.717) is 31.2 Å². The van der Waals surface area contributed by atoms with Crippen molar-refractivity contribution in [2.24, 2.45) is 5.92 Å². The Labute approximate surface area is 171 Å². The molecule has 1 aliphatic heterocycles. The Morgan fingerprint density at radius 1 is 1.04 bits per heavy atom. The summed E-state index contributed by atoms with van der Waals surface area (Å²) >= 11 is 5.79. The number of carbonyl (C=O) groups is 2. The number of amides is 2. The van der Waals surface area contributed by atoms with Crippen molar-refractivity contribution in [2.75, 3.05) is 26.2 Å². The molecule has 0 bridgehead atoms. The van der Waals surface area contributed by atoms with Crippen molar-refractivity contribution in [1.82, 2.24) is 14.5 Å². The minimum atomic E-state index is -3.82. The van der Waals surface area contributed by atoms with Gasteiger partial charge >= 0.3 is 0 Å². The van der Waals surface area contributed by atoms with Crippen LogP contribution in [0.3, 0.4) is 0 Å². The number of hydrogen-bond acceptors (Lipinski definition) is 4. The number of carbonyl (C=O) groups excluding carboxylic acids is 2. The number of hydrogen-bond donors (Lipinski definition) is 1. The second kappa shape index (κ2) is 8.80. The fraction of sp³-hybridized carbons (Fsp3) is 0.579. The van der Waals surface area contributed by atoms with E-state index in [4.69, 9.17) is 11.6 Å². The maximum Gasteiger partial charge on any atom is 0.241 e. The molecule has 0 spiro atoms. The second-order valence-electron chi connectivity index (χ2n) is 7.43. The van der Waals surface area contributed by atoms with Crippen LogP contribution in [-0.2, 0) is 19.6 Å². The smallest absolute Gasteiger partial charge is 0.241 e. The fourth-order valence-electron chi connectivity index (χ4n) is 3.82. The highest BCUT2D eigenvalue weighted by Crippen LogP contribution is 2.27. The summed E-state index contributed by atoms with van der Waals surface area (Å²) in [5.74, 6) is 0.0407. The van der Waals surface area contributed by atoms with E-state index >= 15 is 0 Å². The molecule has 0 unspecified atom stereocenters. The van der Waals surface area contributed by atoms with E-state index < -0.39 is 16.1 Å². The number of nitrogens with zero attached hydrogens (tertiary/aromatic N) is 2. The summed E-state index contributed by atoms with van der Waals surface area (Å²) in [7, 11) is -3.82. The van der Waals surface area contributed by atoms with Crippen LogP contribution in [0, 0.1) is 5.92 Å². The normalized spacial score (nSPS) is 19.6. The lowest BCUT2D eigenvalue weighted by Gasteiger charge is -2.37. The summed E-state index contributed by atoms with van der Waals surface area (Å²) in [5, 5.41) is 0.438. The molecule has 1 saturated carbocycles. The molecule has 1 aromatic carbocycles. The van der Waals surface area contributed by atoms with Crippen LogP contribution in [0.4, 0.5) is 0 Å². The standard InChI is InChI=1S/C19H26ClN3O4S/c1-14(21-28(26,27)17-8-6-16(20)7-9-17)18(24)22-10-12-23(13-11-22)19(25)15-4-2-3-5-15/h6-9,14-15,21H,2-5,10-13H2,1H3/t14-/m0/s1. The molecule has 2 fully saturated rings. The number of benzene rings is 1. The highest BCUT2D eigenvalue weighted by molar-refractivity contribution is 7.89. The zero-order valence-corrected chi connectivity index (χ0v) is 17.5. The summed E-state index contributed by atoms with van der Waals surface area (Å²) < 4.78 is 27.3. The van der Waals surface area contributed by atoms with Crippen molar-refractivity contribution >= 4 is 33.4 Å². The monoisotopic (exact) mass is 427 g/mol. The van der Waals surface area contributed by atoms with E-state index in [1.54, 1.807) is 4.90 Å². The number of piperazine rings is 1. The minimum absolute atomic E-state index is 0.0588. The van der Waals surface area contributed by atoms with Gasteiger partial charge in [0, 0.05) is 37.1 Å². The first-order valence-corrected chi connectivity index (χ1v) is 11.5. The third kappa shape index (κ3) is 4.85. The number of nitrogens with one attached hydrogen (secondary N) is 1. The van der Waals surface area contributed by atoms with E-state index in [1.807, 2.05) is 4.90 Å². The highest BCUT2D eigenvalue weighted by Gasteiger charge is 2.32. The lowest BCUT2D eigenvalue weighted by Crippen LogP contribution is -2.55. The van der Waals surface area contributed by atoms with E-state index in [9.17, 15) is 18.0 Å². The average Bonchev–Trinajstić information content (AvgIpc) is 3.21. The van der Waals surface area contributed by atoms with E-state index in [1.165, 1.54) is 31.2 Å². The number of sulfonamides is 1. The third-order valence-corrected chi connectivity index (χ3v) is 7.24. The molecule has 1 atom stereocenters. The molecule has 1 heterocycles. The van der Waals surface area contributed by atoms with Gasteiger partial charge in [-0.3, -0.25) is 9.59 Å². The van der Waals surface area contributed by atoms with Gasteiger partial charge in [-0.05, 0) is 44.0 Å². The maximum absolute atomic E-state index is 12.7. The molecule has 0 aromatic heterocycles. The zero-order chi connectivity index (χ0) is 20.3. The van der Waals surface area contributed by atoms with Gasteiger partial charge in [0.1, 0.15) is 0 Å². The number of halogens is 1. The molecule has 2 aliphatic rings. The minimum Gasteiger partial charge on any atom is -0.339 e. The van der Waals surface area contributed by atoms with E-state index in [-0.39, 0.29) is 22.6 Å². The van der Waals surface area contributed by atoms with Crippen molar-refractivity contribution in [3.63, 3.8) is 0 Å². The molecular formula is C19H26ClN3O4S. The molecule has 1 aliphatic carbocycles. The van der Waals surface area contributed by atoms with Crippen LogP contribution in [-0.4, -0.2) is 62.3 Å². The van der Waals surface area contributed by atoms with Crippen molar-refractivity contribution < 1.29 is 18.0 Å². The van der Waals surface area contributed by atoms with Gasteiger partial charge < -0.3 is 9.80 Å². The van der Waals surface area contributed by atoms with Gasteiger partial charge in [-0.25, -0.2) is 8.42 Å². The third-order valence-electron chi connectivity index (χ3n) is 5.43. The predicted molar refractivity (Wildman–Crippen MR) is 106 cm³/mol.